The van der Waals surface area contributed by atoms with Gasteiger partial charge in [0.1, 0.15) is 0 Å². The van der Waals surface area contributed by atoms with Crippen LogP contribution >= 0.6 is 15.9 Å². The molecule has 0 fully saturated rings. The Hall–Kier alpha value is -0.380. The van der Waals surface area contributed by atoms with E-state index in [1.165, 1.54) is 10.0 Å². The molecule has 1 aromatic carbocycles. The van der Waals surface area contributed by atoms with Crippen molar-refractivity contribution in [1.29, 1.82) is 0 Å². The number of benzene rings is 1. The summed E-state index contributed by atoms with van der Waals surface area (Å²) >= 11 is 3.65. The summed E-state index contributed by atoms with van der Waals surface area (Å²) in [5, 5.41) is 3.53. The number of rotatable bonds is 7. The Labute approximate surface area is 119 Å². The molecule has 0 amide bonds. The third kappa shape index (κ3) is 4.71. The van der Waals surface area contributed by atoms with Crippen molar-refractivity contribution in [2.45, 2.75) is 32.7 Å². The minimum absolute atomic E-state index is 0.461. The summed E-state index contributed by atoms with van der Waals surface area (Å²) in [6.45, 7) is 8.36. The lowest BCUT2D eigenvalue weighted by Gasteiger charge is -2.26. The van der Waals surface area contributed by atoms with Crippen LogP contribution in [0, 0.1) is 5.92 Å². The van der Waals surface area contributed by atoms with Crippen molar-refractivity contribution in [2.24, 2.45) is 5.92 Å². The Balaban J connectivity index is 2.86. The number of nitrogens with one attached hydrogen (secondary N) is 1. The average Bonchev–Trinajstić information content (AvgIpc) is 2.31. The first kappa shape index (κ1) is 15.7. The molecule has 0 saturated carbocycles. The van der Waals surface area contributed by atoms with E-state index < -0.39 is 0 Å². The number of ether oxygens (including phenoxy) is 1. The molecule has 2 unspecified atom stereocenters. The lowest BCUT2D eigenvalue weighted by Crippen LogP contribution is -2.32. The molecular formula is C15H24BrNO. The fourth-order valence-corrected chi connectivity index (χ4v) is 2.71. The quantitative estimate of drug-likeness (QED) is 0.826. The van der Waals surface area contributed by atoms with Gasteiger partial charge in [0.05, 0.1) is 0 Å². The molecule has 1 aromatic rings. The third-order valence-corrected chi connectivity index (χ3v) is 3.89. The molecule has 18 heavy (non-hydrogen) atoms. The van der Waals surface area contributed by atoms with Gasteiger partial charge in [0.25, 0.3) is 0 Å². The SMILES string of the molecule is COCC(C)C(CNC(C)C)c1ccccc1Br. The standard InChI is InChI=1S/C15H24BrNO/c1-11(2)17-9-14(12(3)10-18-4)13-7-5-6-8-15(13)16/h5-8,11-12,14,17H,9-10H2,1-4H3. The monoisotopic (exact) mass is 313 g/mol. The highest BCUT2D eigenvalue weighted by atomic mass is 79.9. The second-order valence-corrected chi connectivity index (χ2v) is 5.98. The van der Waals surface area contributed by atoms with Crippen LogP contribution in [0.5, 0.6) is 0 Å². The predicted octanol–water partition coefficient (Wildman–Crippen LogP) is 3.81. The fraction of sp³-hybridized carbons (Fsp3) is 0.600. The average molecular weight is 314 g/mol. The van der Waals surface area contributed by atoms with Gasteiger partial charge in [0, 0.05) is 36.7 Å². The van der Waals surface area contributed by atoms with E-state index in [1.54, 1.807) is 7.11 Å². The van der Waals surface area contributed by atoms with Crippen LogP contribution in [0.3, 0.4) is 0 Å². The summed E-state index contributed by atoms with van der Waals surface area (Å²) in [5.41, 5.74) is 1.36. The molecule has 1 rings (SSSR count). The molecule has 0 bridgehead atoms. The predicted molar refractivity (Wildman–Crippen MR) is 81.1 cm³/mol. The normalized spacial score (nSPS) is 14.8. The molecule has 0 aliphatic heterocycles. The van der Waals surface area contributed by atoms with Gasteiger partial charge in [-0.3, -0.25) is 0 Å². The highest BCUT2D eigenvalue weighted by molar-refractivity contribution is 9.10. The Bertz CT molecular complexity index is 354. The zero-order valence-corrected chi connectivity index (χ0v) is 13.3. The van der Waals surface area contributed by atoms with Gasteiger partial charge < -0.3 is 10.1 Å². The fourth-order valence-electron chi connectivity index (χ4n) is 2.14. The van der Waals surface area contributed by atoms with Gasteiger partial charge in [-0.15, -0.1) is 0 Å². The van der Waals surface area contributed by atoms with Gasteiger partial charge in [-0.2, -0.15) is 0 Å². The molecule has 1 N–H and O–H groups in total. The van der Waals surface area contributed by atoms with Crippen molar-refractivity contribution in [2.75, 3.05) is 20.3 Å². The molecular weight excluding hydrogens is 290 g/mol. The first-order chi connectivity index (χ1) is 8.56. The van der Waals surface area contributed by atoms with Crippen LogP contribution in [-0.2, 0) is 4.74 Å². The Morgan fingerprint density at radius 1 is 1.22 bits per heavy atom. The van der Waals surface area contributed by atoms with Gasteiger partial charge >= 0.3 is 0 Å². The van der Waals surface area contributed by atoms with Crippen molar-refractivity contribution < 1.29 is 4.74 Å². The Morgan fingerprint density at radius 3 is 2.44 bits per heavy atom. The number of methoxy groups -OCH3 is 1. The Kier molecular flexibility index (Phi) is 6.90. The van der Waals surface area contributed by atoms with Crippen LogP contribution in [0.25, 0.3) is 0 Å². The number of halogens is 1. The molecule has 0 aliphatic carbocycles. The van der Waals surface area contributed by atoms with Crippen LogP contribution < -0.4 is 5.32 Å². The molecule has 0 spiro atoms. The molecule has 0 aromatic heterocycles. The second-order valence-electron chi connectivity index (χ2n) is 5.12. The highest BCUT2D eigenvalue weighted by Gasteiger charge is 2.21. The largest absolute Gasteiger partial charge is 0.384 e. The zero-order valence-electron chi connectivity index (χ0n) is 11.7. The van der Waals surface area contributed by atoms with E-state index in [4.69, 9.17) is 4.74 Å². The van der Waals surface area contributed by atoms with E-state index in [1.807, 2.05) is 0 Å². The summed E-state index contributed by atoms with van der Waals surface area (Å²) in [7, 11) is 1.77. The molecule has 0 heterocycles. The first-order valence-corrected chi connectivity index (χ1v) is 7.32. The zero-order chi connectivity index (χ0) is 13.5. The molecule has 3 heteroatoms. The third-order valence-electron chi connectivity index (χ3n) is 3.17. The second kappa shape index (κ2) is 7.93. The Morgan fingerprint density at radius 2 is 1.89 bits per heavy atom. The van der Waals surface area contributed by atoms with E-state index in [2.05, 4.69) is 66.3 Å². The van der Waals surface area contributed by atoms with Crippen LogP contribution in [0.2, 0.25) is 0 Å². The van der Waals surface area contributed by atoms with Crippen molar-refractivity contribution in [1.82, 2.24) is 5.32 Å². The van der Waals surface area contributed by atoms with E-state index in [0.717, 1.165) is 13.2 Å². The van der Waals surface area contributed by atoms with Crippen molar-refractivity contribution in [3.63, 3.8) is 0 Å². The van der Waals surface area contributed by atoms with Crippen LogP contribution in [0.15, 0.2) is 28.7 Å². The lowest BCUT2D eigenvalue weighted by atomic mass is 9.87. The minimum atomic E-state index is 0.461. The van der Waals surface area contributed by atoms with Gasteiger partial charge in [-0.05, 0) is 17.5 Å². The smallest absolute Gasteiger partial charge is 0.0494 e. The summed E-state index contributed by atoms with van der Waals surface area (Å²) < 4.78 is 6.49. The van der Waals surface area contributed by atoms with Crippen molar-refractivity contribution in [3.05, 3.63) is 34.3 Å². The maximum atomic E-state index is 5.31. The van der Waals surface area contributed by atoms with Gasteiger partial charge in [0.2, 0.25) is 0 Å². The highest BCUT2D eigenvalue weighted by Crippen LogP contribution is 2.30. The molecule has 0 radical (unpaired) electrons. The van der Waals surface area contributed by atoms with Crippen molar-refractivity contribution >= 4 is 15.9 Å². The van der Waals surface area contributed by atoms with Crippen LogP contribution in [0.1, 0.15) is 32.3 Å². The topological polar surface area (TPSA) is 21.3 Å². The minimum Gasteiger partial charge on any atom is -0.384 e. The van der Waals surface area contributed by atoms with Crippen LogP contribution in [-0.4, -0.2) is 26.3 Å². The van der Waals surface area contributed by atoms with E-state index in [-0.39, 0.29) is 0 Å². The molecule has 2 nitrogen and oxygen atoms in total. The van der Waals surface area contributed by atoms with Gasteiger partial charge in [-0.1, -0.05) is 54.9 Å². The van der Waals surface area contributed by atoms with E-state index >= 15 is 0 Å². The summed E-state index contributed by atoms with van der Waals surface area (Å²) in [5.74, 6) is 0.947. The maximum absolute atomic E-state index is 5.31. The van der Waals surface area contributed by atoms with E-state index in [0.29, 0.717) is 17.9 Å². The molecule has 0 saturated heterocycles. The molecule has 102 valence electrons. The molecule has 2 atom stereocenters. The van der Waals surface area contributed by atoms with Gasteiger partial charge in [-0.25, -0.2) is 0 Å². The van der Waals surface area contributed by atoms with Gasteiger partial charge in [0.15, 0.2) is 0 Å². The first-order valence-electron chi connectivity index (χ1n) is 6.53. The molecule has 0 aliphatic rings. The number of hydrogen-bond donors (Lipinski definition) is 1. The van der Waals surface area contributed by atoms with Crippen molar-refractivity contribution in [3.8, 4) is 0 Å². The lowest BCUT2D eigenvalue weighted by molar-refractivity contribution is 0.145. The summed E-state index contributed by atoms with van der Waals surface area (Å²) in [6, 6.07) is 8.97. The summed E-state index contributed by atoms with van der Waals surface area (Å²) in [4.78, 5) is 0. The van der Waals surface area contributed by atoms with E-state index in [9.17, 15) is 0 Å². The summed E-state index contributed by atoms with van der Waals surface area (Å²) in [6.07, 6.45) is 0. The number of hydrogen-bond acceptors (Lipinski definition) is 2. The maximum Gasteiger partial charge on any atom is 0.0494 e. The van der Waals surface area contributed by atoms with Crippen LogP contribution in [0.4, 0.5) is 0 Å².